The molecule has 0 unspecified atom stereocenters. The number of aromatic nitrogens is 3. The first-order valence-corrected chi connectivity index (χ1v) is 10.1. The van der Waals surface area contributed by atoms with Crippen molar-refractivity contribution in [3.05, 3.63) is 83.2 Å². The SMILES string of the molecule is Cc1ccc(-c2coc(C3CC3)n2)cc1NC(=O)c1cnn(-c2cccc(Cl)c2)c1. The van der Waals surface area contributed by atoms with Crippen LogP contribution < -0.4 is 5.32 Å². The highest BCUT2D eigenvalue weighted by Crippen LogP contribution is 2.40. The first-order chi connectivity index (χ1) is 14.6. The van der Waals surface area contributed by atoms with Crippen LogP contribution in [0.25, 0.3) is 16.9 Å². The van der Waals surface area contributed by atoms with Crippen LogP contribution in [0, 0.1) is 6.92 Å². The van der Waals surface area contributed by atoms with E-state index in [1.54, 1.807) is 29.3 Å². The Morgan fingerprint density at radius 1 is 1.23 bits per heavy atom. The Labute approximate surface area is 178 Å². The van der Waals surface area contributed by atoms with Gasteiger partial charge in [-0.05, 0) is 49.6 Å². The lowest BCUT2D eigenvalue weighted by Gasteiger charge is -2.09. The Morgan fingerprint density at radius 2 is 2.10 bits per heavy atom. The molecule has 0 atom stereocenters. The third-order valence-corrected chi connectivity index (χ3v) is 5.38. The highest BCUT2D eigenvalue weighted by molar-refractivity contribution is 6.30. The van der Waals surface area contributed by atoms with Gasteiger partial charge in [-0.15, -0.1) is 0 Å². The van der Waals surface area contributed by atoms with Crippen molar-refractivity contribution in [3.63, 3.8) is 0 Å². The second-order valence-electron chi connectivity index (χ2n) is 7.48. The van der Waals surface area contributed by atoms with Crippen molar-refractivity contribution in [3.8, 4) is 16.9 Å². The summed E-state index contributed by atoms with van der Waals surface area (Å²) < 4.78 is 7.22. The van der Waals surface area contributed by atoms with Gasteiger partial charge in [0.05, 0.1) is 17.4 Å². The zero-order valence-corrected chi connectivity index (χ0v) is 17.1. The van der Waals surface area contributed by atoms with Crippen LogP contribution in [0.3, 0.4) is 0 Å². The summed E-state index contributed by atoms with van der Waals surface area (Å²) in [6, 6.07) is 13.2. The lowest BCUT2D eigenvalue weighted by atomic mass is 10.1. The van der Waals surface area contributed by atoms with Crippen molar-refractivity contribution < 1.29 is 9.21 Å². The monoisotopic (exact) mass is 418 g/mol. The predicted octanol–water partition coefficient (Wildman–Crippen LogP) is 5.62. The van der Waals surface area contributed by atoms with Gasteiger partial charge < -0.3 is 9.73 Å². The molecular formula is C23H19ClN4O2. The first-order valence-electron chi connectivity index (χ1n) is 9.75. The van der Waals surface area contributed by atoms with Crippen LogP contribution >= 0.6 is 11.6 Å². The highest BCUT2D eigenvalue weighted by atomic mass is 35.5. The van der Waals surface area contributed by atoms with Gasteiger partial charge in [-0.1, -0.05) is 29.8 Å². The number of benzene rings is 2. The number of nitrogens with zero attached hydrogens (tertiary/aromatic N) is 3. The molecule has 0 spiro atoms. The molecule has 1 amide bonds. The van der Waals surface area contributed by atoms with Crippen molar-refractivity contribution in [2.24, 2.45) is 0 Å². The molecule has 1 saturated carbocycles. The number of rotatable bonds is 5. The normalized spacial score (nSPS) is 13.4. The van der Waals surface area contributed by atoms with Crippen LogP contribution in [-0.2, 0) is 0 Å². The summed E-state index contributed by atoms with van der Waals surface area (Å²) in [6.45, 7) is 1.95. The summed E-state index contributed by atoms with van der Waals surface area (Å²) in [5.74, 6) is 1.02. The molecule has 1 N–H and O–H groups in total. The zero-order valence-electron chi connectivity index (χ0n) is 16.3. The zero-order chi connectivity index (χ0) is 20.7. The van der Waals surface area contributed by atoms with Gasteiger partial charge >= 0.3 is 0 Å². The fourth-order valence-electron chi connectivity index (χ4n) is 3.25. The molecule has 0 bridgehead atoms. The van der Waals surface area contributed by atoms with Crippen LogP contribution in [0.5, 0.6) is 0 Å². The number of hydrogen-bond donors (Lipinski definition) is 1. The minimum absolute atomic E-state index is 0.234. The van der Waals surface area contributed by atoms with Gasteiger partial charge in [-0.25, -0.2) is 9.67 Å². The maximum Gasteiger partial charge on any atom is 0.258 e. The Balaban J connectivity index is 1.36. The number of hydrogen-bond acceptors (Lipinski definition) is 4. The molecule has 0 radical (unpaired) electrons. The number of carbonyl (C=O) groups excluding carboxylic acids is 1. The summed E-state index contributed by atoms with van der Waals surface area (Å²) in [5.41, 5.74) is 4.61. The van der Waals surface area contributed by atoms with E-state index in [0.717, 1.165) is 46.9 Å². The van der Waals surface area contributed by atoms with E-state index >= 15 is 0 Å². The lowest BCUT2D eigenvalue weighted by Crippen LogP contribution is -2.12. The topological polar surface area (TPSA) is 73.0 Å². The second-order valence-corrected chi connectivity index (χ2v) is 7.92. The number of nitrogens with one attached hydrogen (secondary N) is 1. The third kappa shape index (κ3) is 3.74. The fourth-order valence-corrected chi connectivity index (χ4v) is 3.43. The van der Waals surface area contributed by atoms with Gasteiger partial charge in [-0.2, -0.15) is 5.10 Å². The minimum Gasteiger partial charge on any atom is -0.448 e. The number of carbonyl (C=O) groups is 1. The summed E-state index contributed by atoms with van der Waals surface area (Å²) in [7, 11) is 0. The van der Waals surface area contributed by atoms with Crippen LogP contribution in [-0.4, -0.2) is 20.7 Å². The Hall–Kier alpha value is -3.38. The van der Waals surface area contributed by atoms with Crippen molar-refractivity contribution in [1.29, 1.82) is 0 Å². The quantitative estimate of drug-likeness (QED) is 0.456. The molecule has 150 valence electrons. The number of anilines is 1. The smallest absolute Gasteiger partial charge is 0.258 e. The molecule has 6 nitrogen and oxygen atoms in total. The van der Waals surface area contributed by atoms with E-state index in [2.05, 4.69) is 15.4 Å². The van der Waals surface area contributed by atoms with Gasteiger partial charge in [0, 0.05) is 28.4 Å². The maximum atomic E-state index is 12.8. The average Bonchev–Trinajstić information content (AvgIpc) is 3.26. The van der Waals surface area contributed by atoms with Gasteiger partial charge in [0.2, 0.25) is 0 Å². The average molecular weight is 419 g/mol. The number of halogens is 1. The van der Waals surface area contributed by atoms with E-state index in [1.165, 1.54) is 6.20 Å². The minimum atomic E-state index is -0.234. The second kappa shape index (κ2) is 7.46. The molecule has 1 aliphatic rings. The summed E-state index contributed by atoms with van der Waals surface area (Å²) in [4.78, 5) is 17.4. The van der Waals surface area contributed by atoms with E-state index < -0.39 is 0 Å². The molecule has 0 saturated heterocycles. The Morgan fingerprint density at radius 3 is 2.90 bits per heavy atom. The summed E-state index contributed by atoms with van der Waals surface area (Å²) >= 11 is 6.04. The van der Waals surface area contributed by atoms with Crippen LogP contribution in [0.2, 0.25) is 5.02 Å². The van der Waals surface area contributed by atoms with Gasteiger partial charge in [0.25, 0.3) is 5.91 Å². The third-order valence-electron chi connectivity index (χ3n) is 5.15. The molecule has 2 aromatic heterocycles. The maximum absolute atomic E-state index is 12.8. The molecule has 5 rings (SSSR count). The summed E-state index contributed by atoms with van der Waals surface area (Å²) in [5, 5.41) is 7.87. The summed E-state index contributed by atoms with van der Waals surface area (Å²) in [6.07, 6.45) is 7.17. The first kappa shape index (κ1) is 18.6. The molecule has 2 heterocycles. The number of amides is 1. The molecule has 1 fully saturated rings. The highest BCUT2D eigenvalue weighted by Gasteiger charge is 2.28. The molecule has 4 aromatic rings. The molecule has 0 aliphatic heterocycles. The largest absolute Gasteiger partial charge is 0.448 e. The lowest BCUT2D eigenvalue weighted by molar-refractivity contribution is 0.102. The van der Waals surface area contributed by atoms with E-state index in [9.17, 15) is 4.79 Å². The number of aryl methyl sites for hydroxylation is 1. The number of oxazole rings is 1. The Bertz CT molecular complexity index is 1240. The van der Waals surface area contributed by atoms with E-state index in [1.807, 2.05) is 37.3 Å². The van der Waals surface area contributed by atoms with Crippen LogP contribution in [0.4, 0.5) is 5.69 Å². The van der Waals surface area contributed by atoms with Gasteiger partial charge in [0.1, 0.15) is 12.0 Å². The Kier molecular flexibility index (Phi) is 4.64. The van der Waals surface area contributed by atoms with E-state index in [4.69, 9.17) is 16.0 Å². The van der Waals surface area contributed by atoms with Gasteiger partial charge in [-0.3, -0.25) is 4.79 Å². The van der Waals surface area contributed by atoms with E-state index in [0.29, 0.717) is 16.5 Å². The van der Waals surface area contributed by atoms with Crippen molar-refractivity contribution >= 4 is 23.2 Å². The van der Waals surface area contributed by atoms with Crippen LogP contribution in [0.1, 0.15) is 40.6 Å². The fraction of sp³-hybridized carbons (Fsp3) is 0.174. The molecule has 7 heteroatoms. The van der Waals surface area contributed by atoms with E-state index in [-0.39, 0.29) is 5.91 Å². The van der Waals surface area contributed by atoms with Crippen LogP contribution in [0.15, 0.2) is 65.5 Å². The molecule has 1 aliphatic carbocycles. The molecule has 30 heavy (non-hydrogen) atoms. The van der Waals surface area contributed by atoms with Gasteiger partial charge in [0.15, 0.2) is 5.89 Å². The van der Waals surface area contributed by atoms with Crippen molar-refractivity contribution in [2.45, 2.75) is 25.7 Å². The predicted molar refractivity (Wildman–Crippen MR) is 115 cm³/mol. The molecule has 2 aromatic carbocycles. The standard InChI is InChI=1S/C23H19ClN4O2/c1-14-5-6-16(21-13-30-23(27-21)15-7-8-15)9-20(14)26-22(29)17-11-25-28(12-17)19-4-2-3-18(24)10-19/h2-6,9-13,15H,7-8H2,1H3,(H,26,29). The molecular weight excluding hydrogens is 400 g/mol. The van der Waals surface area contributed by atoms with Crippen molar-refractivity contribution in [1.82, 2.24) is 14.8 Å². The van der Waals surface area contributed by atoms with Crippen molar-refractivity contribution in [2.75, 3.05) is 5.32 Å².